The van der Waals surface area contributed by atoms with Gasteiger partial charge in [-0.1, -0.05) is 0 Å². The van der Waals surface area contributed by atoms with Crippen molar-refractivity contribution in [2.75, 3.05) is 46.1 Å². The van der Waals surface area contributed by atoms with Gasteiger partial charge in [-0.25, -0.2) is 4.98 Å². The van der Waals surface area contributed by atoms with E-state index in [-0.39, 0.29) is 12.4 Å². The second-order valence-corrected chi connectivity index (χ2v) is 4.34. The number of ether oxygens (including phenoxy) is 3. The lowest BCUT2D eigenvalue weighted by molar-refractivity contribution is 0.327. The monoisotopic (exact) mass is 314 g/mol. The first kappa shape index (κ1) is 16.9. The number of methoxy groups -OCH3 is 3. The van der Waals surface area contributed by atoms with Crippen molar-refractivity contribution in [1.29, 1.82) is 0 Å². The van der Waals surface area contributed by atoms with Crippen molar-refractivity contribution in [3.05, 3.63) is 6.07 Å². The summed E-state index contributed by atoms with van der Waals surface area (Å²) in [6.45, 7) is 0. The van der Waals surface area contributed by atoms with Gasteiger partial charge in [-0.15, -0.1) is 12.4 Å². The first-order valence-corrected chi connectivity index (χ1v) is 5.97. The lowest BCUT2D eigenvalue weighted by Crippen LogP contribution is -2.14. The molecule has 0 spiro atoms. The maximum absolute atomic E-state index is 6.00. The molecule has 0 radical (unpaired) electrons. The number of hydrogen-bond donors (Lipinski definition) is 1. The zero-order valence-corrected chi connectivity index (χ0v) is 13.4. The second kappa shape index (κ2) is 6.53. The zero-order valence-electron chi connectivity index (χ0n) is 12.6. The molecular formula is C13H19ClN4O3. The van der Waals surface area contributed by atoms with Gasteiger partial charge in [0.15, 0.2) is 11.5 Å². The standard InChI is InChI=1S/C13H18N4O3.ClH/c1-17(2)13-15-9-7(12(14)16-13)6-8(18-3)10(19-4)11(9)20-5;/h6H,1-5H3,(H2,14,15,16);1H. The van der Waals surface area contributed by atoms with Crippen molar-refractivity contribution in [2.24, 2.45) is 0 Å². The number of aromatic nitrogens is 2. The molecular weight excluding hydrogens is 296 g/mol. The van der Waals surface area contributed by atoms with Gasteiger partial charge in [-0.05, 0) is 6.07 Å². The Bertz CT molecular complexity index is 649. The van der Waals surface area contributed by atoms with Gasteiger partial charge in [0.1, 0.15) is 11.3 Å². The number of halogens is 1. The summed E-state index contributed by atoms with van der Waals surface area (Å²) in [5, 5.41) is 0.658. The summed E-state index contributed by atoms with van der Waals surface area (Å²) < 4.78 is 16.0. The molecule has 2 rings (SSSR count). The molecule has 2 aromatic rings. The molecule has 2 N–H and O–H groups in total. The molecule has 1 heterocycles. The van der Waals surface area contributed by atoms with Crippen molar-refractivity contribution in [2.45, 2.75) is 0 Å². The average molecular weight is 315 g/mol. The number of nitrogens with zero attached hydrogens (tertiary/aromatic N) is 3. The Kier molecular flexibility index (Phi) is 5.26. The van der Waals surface area contributed by atoms with Crippen molar-refractivity contribution in [3.63, 3.8) is 0 Å². The molecule has 0 bridgehead atoms. The summed E-state index contributed by atoms with van der Waals surface area (Å²) in [6, 6.07) is 1.74. The van der Waals surface area contributed by atoms with E-state index >= 15 is 0 Å². The number of benzene rings is 1. The minimum Gasteiger partial charge on any atom is -0.493 e. The maximum Gasteiger partial charge on any atom is 0.227 e. The number of anilines is 2. The first-order valence-electron chi connectivity index (χ1n) is 5.97. The third-order valence-electron chi connectivity index (χ3n) is 2.91. The molecule has 0 aliphatic heterocycles. The lowest BCUT2D eigenvalue weighted by Gasteiger charge is -2.17. The Morgan fingerprint density at radius 3 is 2.10 bits per heavy atom. The molecule has 8 heteroatoms. The molecule has 1 aromatic carbocycles. The van der Waals surface area contributed by atoms with Crippen LogP contribution >= 0.6 is 12.4 Å². The lowest BCUT2D eigenvalue weighted by atomic mass is 10.2. The number of hydrogen-bond acceptors (Lipinski definition) is 7. The summed E-state index contributed by atoms with van der Waals surface area (Å²) in [5.41, 5.74) is 6.59. The highest BCUT2D eigenvalue weighted by molar-refractivity contribution is 5.96. The predicted molar refractivity (Wildman–Crippen MR) is 85.2 cm³/mol. The number of nitrogen functional groups attached to an aromatic ring is 1. The van der Waals surface area contributed by atoms with Gasteiger partial charge in [0.2, 0.25) is 11.7 Å². The first-order chi connectivity index (χ1) is 9.53. The van der Waals surface area contributed by atoms with Crippen LogP contribution in [0.3, 0.4) is 0 Å². The average Bonchev–Trinajstić information content (AvgIpc) is 2.44. The van der Waals surface area contributed by atoms with Crippen LogP contribution < -0.4 is 24.8 Å². The van der Waals surface area contributed by atoms with Gasteiger partial charge >= 0.3 is 0 Å². The van der Waals surface area contributed by atoms with Crippen molar-refractivity contribution in [1.82, 2.24) is 9.97 Å². The molecule has 1 aromatic heterocycles. The topological polar surface area (TPSA) is 82.7 Å². The smallest absolute Gasteiger partial charge is 0.227 e. The molecule has 0 amide bonds. The van der Waals surface area contributed by atoms with E-state index in [1.807, 2.05) is 14.1 Å². The summed E-state index contributed by atoms with van der Waals surface area (Å²) in [7, 11) is 8.32. The molecule has 0 atom stereocenters. The van der Waals surface area contributed by atoms with E-state index < -0.39 is 0 Å². The van der Waals surface area contributed by atoms with Gasteiger partial charge in [0.05, 0.1) is 26.7 Å². The minimum atomic E-state index is 0. The molecule has 0 saturated heterocycles. The Morgan fingerprint density at radius 2 is 1.62 bits per heavy atom. The quantitative estimate of drug-likeness (QED) is 0.920. The third-order valence-corrected chi connectivity index (χ3v) is 2.91. The van der Waals surface area contributed by atoms with Gasteiger partial charge < -0.3 is 24.8 Å². The molecule has 7 nitrogen and oxygen atoms in total. The van der Waals surface area contributed by atoms with E-state index in [4.69, 9.17) is 19.9 Å². The van der Waals surface area contributed by atoms with E-state index in [0.717, 1.165) is 0 Å². The van der Waals surface area contributed by atoms with Crippen LogP contribution in [-0.4, -0.2) is 45.4 Å². The fourth-order valence-electron chi connectivity index (χ4n) is 1.94. The van der Waals surface area contributed by atoms with Crippen LogP contribution in [0.25, 0.3) is 10.9 Å². The molecule has 0 aliphatic rings. The fourth-order valence-corrected chi connectivity index (χ4v) is 1.94. The SMILES string of the molecule is COc1cc2c(N)nc(N(C)C)nc2c(OC)c1OC.Cl. The Morgan fingerprint density at radius 1 is 1.00 bits per heavy atom. The number of nitrogens with two attached hydrogens (primary N) is 1. The van der Waals surface area contributed by atoms with Crippen LogP contribution in [0.5, 0.6) is 17.2 Å². The van der Waals surface area contributed by atoms with Crippen LogP contribution in [0.2, 0.25) is 0 Å². The Hall–Kier alpha value is -2.15. The van der Waals surface area contributed by atoms with E-state index in [1.54, 1.807) is 32.3 Å². The highest BCUT2D eigenvalue weighted by Crippen LogP contribution is 2.43. The summed E-state index contributed by atoms with van der Waals surface area (Å²) in [6.07, 6.45) is 0. The van der Waals surface area contributed by atoms with Gasteiger partial charge in [-0.2, -0.15) is 4.98 Å². The maximum atomic E-state index is 6.00. The fraction of sp³-hybridized carbons (Fsp3) is 0.385. The van der Waals surface area contributed by atoms with E-state index in [2.05, 4.69) is 9.97 Å². The molecule has 21 heavy (non-hydrogen) atoms. The van der Waals surface area contributed by atoms with Crippen LogP contribution in [0, 0.1) is 0 Å². The van der Waals surface area contributed by atoms with Crippen LogP contribution in [0.15, 0.2) is 6.07 Å². The normalized spacial score (nSPS) is 9.95. The van der Waals surface area contributed by atoms with Crippen molar-refractivity contribution in [3.8, 4) is 17.2 Å². The van der Waals surface area contributed by atoms with Crippen LogP contribution in [-0.2, 0) is 0 Å². The highest BCUT2D eigenvalue weighted by atomic mass is 35.5. The third kappa shape index (κ3) is 2.82. The van der Waals surface area contributed by atoms with Crippen LogP contribution in [0.4, 0.5) is 11.8 Å². The van der Waals surface area contributed by atoms with E-state index in [0.29, 0.717) is 39.9 Å². The molecule has 0 unspecified atom stereocenters. The highest BCUT2D eigenvalue weighted by Gasteiger charge is 2.20. The molecule has 0 saturated carbocycles. The summed E-state index contributed by atoms with van der Waals surface area (Å²) >= 11 is 0. The minimum absolute atomic E-state index is 0. The second-order valence-electron chi connectivity index (χ2n) is 4.34. The van der Waals surface area contributed by atoms with Gasteiger partial charge in [-0.3, -0.25) is 0 Å². The molecule has 116 valence electrons. The zero-order chi connectivity index (χ0) is 14.9. The number of fused-ring (bicyclic) bond motifs is 1. The predicted octanol–water partition coefficient (Wildman–Crippen LogP) is 1.73. The summed E-state index contributed by atoms with van der Waals surface area (Å²) in [4.78, 5) is 10.5. The van der Waals surface area contributed by atoms with Gasteiger partial charge in [0.25, 0.3) is 0 Å². The van der Waals surface area contributed by atoms with Crippen molar-refractivity contribution >= 4 is 35.1 Å². The largest absolute Gasteiger partial charge is 0.493 e. The number of rotatable bonds is 4. The molecule has 0 aliphatic carbocycles. The van der Waals surface area contributed by atoms with Crippen molar-refractivity contribution < 1.29 is 14.2 Å². The van der Waals surface area contributed by atoms with Crippen LogP contribution in [0.1, 0.15) is 0 Å². The summed E-state index contributed by atoms with van der Waals surface area (Å²) in [5.74, 6) is 2.33. The molecule has 0 fully saturated rings. The Balaban J connectivity index is 0.00000220. The van der Waals surface area contributed by atoms with E-state index in [9.17, 15) is 0 Å². The van der Waals surface area contributed by atoms with E-state index in [1.165, 1.54) is 0 Å². The Labute approximate surface area is 129 Å². The van der Waals surface area contributed by atoms with Gasteiger partial charge in [0, 0.05) is 14.1 Å².